The van der Waals surface area contributed by atoms with Crippen molar-refractivity contribution in [3.8, 4) is 0 Å². The van der Waals surface area contributed by atoms with Gasteiger partial charge >= 0.3 is 17.9 Å². The molecule has 0 fully saturated rings. The van der Waals surface area contributed by atoms with Gasteiger partial charge in [-0.25, -0.2) is 0 Å². The number of ether oxygens (including phenoxy) is 3. The zero-order valence-electron chi connectivity index (χ0n) is 53.3. The van der Waals surface area contributed by atoms with Gasteiger partial charge in [0.2, 0.25) is 0 Å². The van der Waals surface area contributed by atoms with Crippen LogP contribution in [0.1, 0.15) is 329 Å². The van der Waals surface area contributed by atoms with E-state index in [0.717, 1.165) is 122 Å². The number of carbonyl (C=O) groups is 3. The van der Waals surface area contributed by atoms with E-state index >= 15 is 0 Å². The first-order valence-electron chi connectivity index (χ1n) is 34.4. The lowest BCUT2D eigenvalue weighted by Crippen LogP contribution is -2.30. The Labute approximate surface area is 501 Å². The van der Waals surface area contributed by atoms with Gasteiger partial charge < -0.3 is 14.2 Å². The molecule has 0 amide bonds. The highest BCUT2D eigenvalue weighted by atomic mass is 16.6. The molecule has 0 aliphatic rings. The van der Waals surface area contributed by atoms with Crippen LogP contribution in [0.4, 0.5) is 0 Å². The van der Waals surface area contributed by atoms with Crippen LogP contribution in [-0.2, 0) is 28.6 Å². The Kier molecular flexibility index (Phi) is 65.2. The van der Waals surface area contributed by atoms with Gasteiger partial charge in [0, 0.05) is 19.3 Å². The van der Waals surface area contributed by atoms with Gasteiger partial charge in [-0.1, -0.05) is 316 Å². The van der Waals surface area contributed by atoms with E-state index in [1.54, 1.807) is 0 Å². The van der Waals surface area contributed by atoms with Crippen molar-refractivity contribution in [3.63, 3.8) is 0 Å². The van der Waals surface area contributed by atoms with Gasteiger partial charge in [0.25, 0.3) is 0 Å². The predicted octanol–water partition coefficient (Wildman–Crippen LogP) is 23.8. The van der Waals surface area contributed by atoms with Crippen molar-refractivity contribution in [2.45, 2.75) is 335 Å². The van der Waals surface area contributed by atoms with Gasteiger partial charge in [-0.3, -0.25) is 14.4 Å². The molecule has 464 valence electrons. The second-order valence-corrected chi connectivity index (χ2v) is 22.7. The Bertz CT molecular complexity index is 1620. The molecule has 0 saturated carbocycles. The number of esters is 3. The van der Waals surface area contributed by atoms with Crippen LogP contribution in [0.15, 0.2) is 109 Å². The van der Waals surface area contributed by atoms with Gasteiger partial charge in [0.15, 0.2) is 6.10 Å². The van der Waals surface area contributed by atoms with Crippen molar-refractivity contribution < 1.29 is 28.6 Å². The molecule has 6 heteroatoms. The van der Waals surface area contributed by atoms with Crippen molar-refractivity contribution in [1.29, 1.82) is 0 Å². The summed E-state index contributed by atoms with van der Waals surface area (Å²) >= 11 is 0. The topological polar surface area (TPSA) is 78.9 Å². The summed E-state index contributed by atoms with van der Waals surface area (Å²) in [5.74, 6) is -0.937. The molecule has 81 heavy (non-hydrogen) atoms. The van der Waals surface area contributed by atoms with Crippen LogP contribution < -0.4 is 0 Å². The van der Waals surface area contributed by atoms with E-state index in [0.29, 0.717) is 19.3 Å². The lowest BCUT2D eigenvalue weighted by atomic mass is 10.0. The molecular weight excluding hydrogens is 997 g/mol. The first kappa shape index (κ1) is 77.1. The minimum atomic E-state index is -0.804. The maximum Gasteiger partial charge on any atom is 0.306 e. The van der Waals surface area contributed by atoms with Crippen molar-refractivity contribution in [2.75, 3.05) is 13.2 Å². The van der Waals surface area contributed by atoms with Gasteiger partial charge in [-0.2, -0.15) is 0 Å². The monoisotopic (exact) mass is 1120 g/mol. The summed E-state index contributed by atoms with van der Waals surface area (Å²) < 4.78 is 16.9. The van der Waals surface area contributed by atoms with Crippen LogP contribution in [0.3, 0.4) is 0 Å². The van der Waals surface area contributed by atoms with Crippen LogP contribution >= 0.6 is 0 Å². The third kappa shape index (κ3) is 66.8. The molecular formula is C75H128O6. The Balaban J connectivity index is 4.36. The minimum Gasteiger partial charge on any atom is -0.462 e. The third-order valence-electron chi connectivity index (χ3n) is 14.8. The summed E-state index contributed by atoms with van der Waals surface area (Å²) in [5.41, 5.74) is 0. The van der Waals surface area contributed by atoms with Gasteiger partial charge in [-0.05, 0) is 103 Å². The second kappa shape index (κ2) is 68.6. The fourth-order valence-electron chi connectivity index (χ4n) is 9.70. The quantitative estimate of drug-likeness (QED) is 0.0261. The van der Waals surface area contributed by atoms with E-state index in [2.05, 4.69) is 130 Å². The van der Waals surface area contributed by atoms with E-state index in [4.69, 9.17) is 14.2 Å². The number of unbranched alkanes of at least 4 members (excludes halogenated alkanes) is 33. The Morgan fingerprint density at radius 2 is 0.481 bits per heavy atom. The van der Waals surface area contributed by atoms with E-state index in [1.807, 2.05) is 0 Å². The summed E-state index contributed by atoms with van der Waals surface area (Å²) in [6, 6.07) is 0. The Morgan fingerprint density at radius 3 is 0.778 bits per heavy atom. The van der Waals surface area contributed by atoms with Gasteiger partial charge in [-0.15, -0.1) is 0 Å². The Hall–Kier alpha value is -3.93. The standard InChI is InChI=1S/C75H128O6/c1-4-7-10-13-16-19-22-25-28-30-32-34-36-37-39-40-42-44-47-50-53-56-59-62-65-68-74(77)80-71-72(70-79-73(76)67-64-61-58-55-52-49-46-27-24-21-18-15-12-9-6-3)81-75(78)69-66-63-60-57-54-51-48-45-43-41-38-35-33-31-29-26-23-20-17-14-11-8-5-2/h8-9,11-12,17-18,20-21,26-27,29,33,35,41,43,46,52,55,72H,4-7,10,13-16,19,22-25,28,30-32,34,36-40,42,44-45,47-51,53-54,56-71H2,1-3H3/b11-8-,12-9-,20-17-,21-18-,29-26-,35-33-,43-41-,46-27-,55-52-. The van der Waals surface area contributed by atoms with Crippen LogP contribution in [-0.4, -0.2) is 37.2 Å². The molecule has 0 radical (unpaired) electrons. The molecule has 0 N–H and O–H groups in total. The van der Waals surface area contributed by atoms with E-state index < -0.39 is 6.10 Å². The fraction of sp³-hybridized carbons (Fsp3) is 0.720. The summed E-state index contributed by atoms with van der Waals surface area (Å²) in [6.45, 7) is 6.41. The molecule has 0 spiro atoms. The molecule has 0 aromatic rings. The molecule has 1 atom stereocenters. The number of hydrogen-bond acceptors (Lipinski definition) is 6. The first-order chi connectivity index (χ1) is 40.0. The average molecular weight is 1130 g/mol. The van der Waals surface area contributed by atoms with Crippen LogP contribution in [0.5, 0.6) is 0 Å². The zero-order valence-corrected chi connectivity index (χ0v) is 53.3. The maximum absolute atomic E-state index is 12.9. The smallest absolute Gasteiger partial charge is 0.306 e. The average Bonchev–Trinajstić information content (AvgIpc) is 3.47. The van der Waals surface area contributed by atoms with E-state index in [-0.39, 0.29) is 31.1 Å². The summed E-state index contributed by atoms with van der Waals surface area (Å²) in [6.07, 6.45) is 94.0. The van der Waals surface area contributed by atoms with Crippen molar-refractivity contribution in [1.82, 2.24) is 0 Å². The van der Waals surface area contributed by atoms with Gasteiger partial charge in [0.05, 0.1) is 0 Å². The lowest BCUT2D eigenvalue weighted by Gasteiger charge is -2.18. The third-order valence-corrected chi connectivity index (χ3v) is 14.8. The van der Waals surface area contributed by atoms with Crippen LogP contribution in [0.2, 0.25) is 0 Å². The highest BCUT2D eigenvalue weighted by Gasteiger charge is 2.19. The number of carbonyl (C=O) groups excluding carboxylic acids is 3. The van der Waals surface area contributed by atoms with Crippen LogP contribution in [0, 0.1) is 0 Å². The normalized spacial score (nSPS) is 12.8. The molecule has 0 saturated heterocycles. The van der Waals surface area contributed by atoms with Crippen LogP contribution in [0.25, 0.3) is 0 Å². The lowest BCUT2D eigenvalue weighted by molar-refractivity contribution is -0.167. The highest BCUT2D eigenvalue weighted by molar-refractivity contribution is 5.71. The molecule has 0 aliphatic heterocycles. The largest absolute Gasteiger partial charge is 0.462 e. The molecule has 0 aromatic heterocycles. The summed E-state index contributed by atoms with van der Waals surface area (Å²) in [4.78, 5) is 38.4. The second-order valence-electron chi connectivity index (χ2n) is 22.7. The first-order valence-corrected chi connectivity index (χ1v) is 34.4. The zero-order chi connectivity index (χ0) is 58.5. The summed E-state index contributed by atoms with van der Waals surface area (Å²) in [7, 11) is 0. The number of hydrogen-bond donors (Lipinski definition) is 0. The Morgan fingerprint density at radius 1 is 0.259 bits per heavy atom. The molecule has 0 bridgehead atoms. The molecule has 0 aromatic carbocycles. The molecule has 6 nitrogen and oxygen atoms in total. The number of allylic oxidation sites excluding steroid dienone is 18. The van der Waals surface area contributed by atoms with E-state index in [9.17, 15) is 14.4 Å². The molecule has 0 aliphatic carbocycles. The van der Waals surface area contributed by atoms with E-state index in [1.165, 1.54) is 167 Å². The molecule has 0 heterocycles. The van der Waals surface area contributed by atoms with Crippen molar-refractivity contribution in [3.05, 3.63) is 109 Å². The van der Waals surface area contributed by atoms with Gasteiger partial charge in [0.1, 0.15) is 13.2 Å². The maximum atomic E-state index is 12.9. The van der Waals surface area contributed by atoms with Crippen molar-refractivity contribution in [2.24, 2.45) is 0 Å². The minimum absolute atomic E-state index is 0.0945. The fourth-order valence-corrected chi connectivity index (χ4v) is 9.70. The molecule has 0 rings (SSSR count). The number of rotatable bonds is 62. The highest BCUT2D eigenvalue weighted by Crippen LogP contribution is 2.17. The van der Waals surface area contributed by atoms with Crippen molar-refractivity contribution >= 4 is 17.9 Å². The molecule has 1 unspecified atom stereocenters. The predicted molar refractivity (Wildman–Crippen MR) is 353 cm³/mol. The SMILES string of the molecule is CC/C=C\C/C=C\C/C=C\C/C=C\C/C=C\CCCCCCCCCC(=O)OC(COC(=O)CCCC/C=C\C/C=C\C/C=C\C/C=C\CC)COC(=O)CCCCCCCCCCCCCCCCCCCCCCCCCCC. The summed E-state index contributed by atoms with van der Waals surface area (Å²) in [5, 5.41) is 0.